The molecule has 0 amide bonds. The van der Waals surface area contributed by atoms with Crippen LogP contribution in [0.4, 0.5) is 13.2 Å². The van der Waals surface area contributed by atoms with Crippen LogP contribution >= 0.6 is 11.6 Å². The Morgan fingerprint density at radius 2 is 2.08 bits per heavy atom. The summed E-state index contributed by atoms with van der Waals surface area (Å²) in [7, 11) is 0. The second kappa shape index (κ2) is 3.38. The van der Waals surface area contributed by atoms with Crippen molar-refractivity contribution in [2.24, 2.45) is 0 Å². The third kappa shape index (κ3) is 2.01. The zero-order valence-electron chi connectivity index (χ0n) is 6.40. The van der Waals surface area contributed by atoms with E-state index in [4.69, 9.17) is 11.6 Å². The highest BCUT2D eigenvalue weighted by atomic mass is 35.5. The molecule has 1 aromatic heterocycles. The van der Waals surface area contributed by atoms with Crippen molar-refractivity contribution < 1.29 is 13.2 Å². The Morgan fingerprint density at radius 3 is 2.46 bits per heavy atom. The molecule has 0 aliphatic carbocycles. The number of hydrogen-bond donors (Lipinski definition) is 0. The number of rotatable bonds is 1. The Morgan fingerprint density at radius 1 is 1.46 bits per heavy atom. The molecule has 1 aromatic rings. The van der Waals surface area contributed by atoms with E-state index in [-0.39, 0.29) is 10.7 Å². The number of nitrogens with zero attached hydrogens (tertiary/aromatic N) is 1. The number of aromatic nitrogens is 1. The smallest absolute Gasteiger partial charge is 0.256 e. The number of halogens is 4. The van der Waals surface area contributed by atoms with E-state index in [1.807, 2.05) is 0 Å². The van der Waals surface area contributed by atoms with Gasteiger partial charge >= 0.3 is 6.18 Å². The summed E-state index contributed by atoms with van der Waals surface area (Å²) in [5.41, 5.74) is -1.19. The van der Waals surface area contributed by atoms with Crippen molar-refractivity contribution in [2.45, 2.75) is 6.18 Å². The molecule has 0 fully saturated rings. The third-order valence-corrected chi connectivity index (χ3v) is 1.72. The van der Waals surface area contributed by atoms with Gasteiger partial charge in [0.1, 0.15) is 0 Å². The van der Waals surface area contributed by atoms with Crippen LogP contribution in [0, 0.1) is 0 Å². The van der Waals surface area contributed by atoms with Crippen molar-refractivity contribution in [1.82, 2.24) is 4.98 Å². The Balaban J connectivity index is 3.40. The molecule has 1 heterocycles. The van der Waals surface area contributed by atoms with Gasteiger partial charge in [-0.05, 0) is 12.1 Å². The maximum atomic E-state index is 12.3. The van der Waals surface area contributed by atoms with E-state index in [1.54, 1.807) is 0 Å². The summed E-state index contributed by atoms with van der Waals surface area (Å²) in [6.45, 7) is 3.23. The van der Waals surface area contributed by atoms with Gasteiger partial charge in [0.15, 0.2) is 0 Å². The van der Waals surface area contributed by atoms with E-state index < -0.39 is 11.7 Å². The second-order valence-corrected chi connectivity index (χ2v) is 2.66. The normalized spacial score (nSPS) is 11.4. The fourth-order valence-corrected chi connectivity index (χ4v) is 1.15. The highest BCUT2D eigenvalue weighted by molar-refractivity contribution is 6.31. The Labute approximate surface area is 77.9 Å². The number of hydrogen-bond acceptors (Lipinski definition) is 1. The maximum Gasteiger partial charge on any atom is 0.419 e. The fraction of sp³-hybridized carbons (Fsp3) is 0.125. The van der Waals surface area contributed by atoms with Crippen LogP contribution in [0.1, 0.15) is 11.3 Å². The molecule has 5 heteroatoms. The lowest BCUT2D eigenvalue weighted by atomic mass is 10.2. The van der Waals surface area contributed by atoms with Crippen molar-refractivity contribution in [3.8, 4) is 0 Å². The summed E-state index contributed by atoms with van der Waals surface area (Å²) in [4.78, 5) is 3.50. The van der Waals surface area contributed by atoms with Crippen LogP contribution in [0.15, 0.2) is 18.8 Å². The summed E-state index contributed by atoms with van der Waals surface area (Å²) < 4.78 is 37.0. The molecule has 1 rings (SSSR count). The summed E-state index contributed by atoms with van der Waals surface area (Å²) in [5.74, 6) is 0. The summed E-state index contributed by atoms with van der Waals surface area (Å²) in [5, 5.41) is -0.364. The average molecular weight is 208 g/mol. The van der Waals surface area contributed by atoms with Gasteiger partial charge in [0.25, 0.3) is 0 Å². The molecular weight excluding hydrogens is 203 g/mol. The molecule has 70 valence electrons. The molecule has 0 aliphatic heterocycles. The van der Waals surface area contributed by atoms with Crippen LogP contribution in [-0.2, 0) is 6.18 Å². The quantitative estimate of drug-likeness (QED) is 0.688. The maximum absolute atomic E-state index is 12.3. The molecule has 0 saturated heterocycles. The summed E-state index contributed by atoms with van der Waals surface area (Å²) in [6, 6.07) is 1.09. The predicted molar refractivity (Wildman–Crippen MR) is 44.3 cm³/mol. The molecule has 13 heavy (non-hydrogen) atoms. The van der Waals surface area contributed by atoms with Crippen LogP contribution in [0.3, 0.4) is 0 Å². The molecule has 0 unspecified atom stereocenters. The first kappa shape index (κ1) is 10.1. The van der Waals surface area contributed by atoms with Gasteiger partial charge in [0.05, 0.1) is 16.3 Å². The molecule has 0 N–H and O–H groups in total. The van der Waals surface area contributed by atoms with Crippen molar-refractivity contribution in [3.05, 3.63) is 35.1 Å². The van der Waals surface area contributed by atoms with Gasteiger partial charge in [-0.15, -0.1) is 0 Å². The van der Waals surface area contributed by atoms with Gasteiger partial charge in [-0.2, -0.15) is 13.2 Å². The highest BCUT2D eigenvalue weighted by Crippen LogP contribution is 2.36. The van der Waals surface area contributed by atoms with Gasteiger partial charge < -0.3 is 0 Å². The third-order valence-electron chi connectivity index (χ3n) is 1.41. The monoisotopic (exact) mass is 207 g/mol. The molecule has 0 bridgehead atoms. The van der Waals surface area contributed by atoms with E-state index in [2.05, 4.69) is 11.6 Å². The van der Waals surface area contributed by atoms with Gasteiger partial charge in [0.2, 0.25) is 0 Å². The lowest BCUT2D eigenvalue weighted by Gasteiger charge is -2.10. The Kier molecular flexibility index (Phi) is 2.61. The van der Waals surface area contributed by atoms with Crippen LogP contribution in [0.2, 0.25) is 5.02 Å². The number of pyridine rings is 1. The van der Waals surface area contributed by atoms with E-state index in [9.17, 15) is 13.2 Å². The average Bonchev–Trinajstić information content (AvgIpc) is 2.01. The minimum absolute atomic E-state index is 0.250. The fourth-order valence-electron chi connectivity index (χ4n) is 0.889. The zero-order valence-corrected chi connectivity index (χ0v) is 7.15. The van der Waals surface area contributed by atoms with Crippen molar-refractivity contribution in [3.63, 3.8) is 0 Å². The van der Waals surface area contributed by atoms with Crippen LogP contribution in [0.25, 0.3) is 6.08 Å². The molecule has 0 atom stereocenters. The van der Waals surface area contributed by atoms with Crippen LogP contribution in [-0.4, -0.2) is 4.98 Å². The first-order chi connectivity index (χ1) is 5.96. The summed E-state index contributed by atoms with van der Waals surface area (Å²) in [6.07, 6.45) is -2.27. The Bertz CT molecular complexity index is 333. The summed E-state index contributed by atoms with van der Waals surface area (Å²) >= 11 is 5.39. The van der Waals surface area contributed by atoms with Gasteiger partial charge in [-0.3, -0.25) is 4.98 Å². The van der Waals surface area contributed by atoms with Crippen molar-refractivity contribution in [2.75, 3.05) is 0 Å². The first-order valence-corrected chi connectivity index (χ1v) is 3.68. The lowest BCUT2D eigenvalue weighted by Crippen LogP contribution is -2.09. The van der Waals surface area contributed by atoms with Gasteiger partial charge in [0, 0.05) is 6.20 Å². The first-order valence-electron chi connectivity index (χ1n) is 3.31. The SMILES string of the molecule is C=Cc1nccc(Cl)c1C(F)(F)F. The molecule has 0 radical (unpaired) electrons. The van der Waals surface area contributed by atoms with Crippen LogP contribution in [0.5, 0.6) is 0 Å². The van der Waals surface area contributed by atoms with Crippen molar-refractivity contribution >= 4 is 17.7 Å². The van der Waals surface area contributed by atoms with E-state index in [0.29, 0.717) is 0 Å². The minimum atomic E-state index is -4.49. The molecular formula is C8H5ClF3N. The van der Waals surface area contributed by atoms with E-state index in [0.717, 1.165) is 12.1 Å². The largest absolute Gasteiger partial charge is 0.419 e. The molecule has 0 saturated carbocycles. The lowest BCUT2D eigenvalue weighted by molar-refractivity contribution is -0.137. The predicted octanol–water partition coefficient (Wildman–Crippen LogP) is 3.40. The Hall–Kier alpha value is -1.03. The molecule has 0 spiro atoms. The standard InChI is InChI=1S/C8H5ClF3N/c1-2-6-7(8(10,11)12)5(9)3-4-13-6/h2-4H,1H2. The molecule has 0 aromatic carbocycles. The topological polar surface area (TPSA) is 12.9 Å². The van der Waals surface area contributed by atoms with E-state index >= 15 is 0 Å². The minimum Gasteiger partial charge on any atom is -0.256 e. The zero-order chi connectivity index (χ0) is 10.1. The van der Waals surface area contributed by atoms with Crippen molar-refractivity contribution in [1.29, 1.82) is 0 Å². The molecule has 0 aliphatic rings. The van der Waals surface area contributed by atoms with Gasteiger partial charge in [-0.25, -0.2) is 0 Å². The van der Waals surface area contributed by atoms with Gasteiger partial charge in [-0.1, -0.05) is 18.2 Å². The van der Waals surface area contributed by atoms with Crippen LogP contribution < -0.4 is 0 Å². The highest BCUT2D eigenvalue weighted by Gasteiger charge is 2.35. The second-order valence-electron chi connectivity index (χ2n) is 2.25. The van der Waals surface area contributed by atoms with E-state index in [1.165, 1.54) is 6.20 Å². The number of alkyl halides is 3. The molecule has 1 nitrogen and oxygen atoms in total.